The SMILES string of the molecule is CCOCc1cc(CN2C[C@@H](Cc3ccc4ccccc4n3)[C@H](O)C2)ccc1OC. The number of pyridine rings is 1. The fourth-order valence-corrected chi connectivity index (χ4v) is 4.28. The number of β-amino-alcohol motifs (C(OH)–C–C–N with tert-alkyl or cyclic N) is 1. The minimum Gasteiger partial charge on any atom is -0.496 e. The van der Waals surface area contributed by atoms with Gasteiger partial charge in [-0.25, -0.2) is 0 Å². The van der Waals surface area contributed by atoms with Crippen molar-refractivity contribution in [3.63, 3.8) is 0 Å². The summed E-state index contributed by atoms with van der Waals surface area (Å²) in [6.45, 7) is 5.57. The van der Waals surface area contributed by atoms with E-state index in [1.807, 2.05) is 31.2 Å². The predicted molar refractivity (Wildman–Crippen MR) is 119 cm³/mol. The fraction of sp³-hybridized carbons (Fsp3) is 0.400. The Hall–Kier alpha value is -2.47. The van der Waals surface area contributed by atoms with Crippen LogP contribution in [0.25, 0.3) is 10.9 Å². The van der Waals surface area contributed by atoms with Crippen LogP contribution in [0.3, 0.4) is 0 Å². The van der Waals surface area contributed by atoms with Crippen molar-refractivity contribution in [2.24, 2.45) is 5.92 Å². The lowest BCUT2D eigenvalue weighted by molar-refractivity contribution is 0.131. The number of fused-ring (bicyclic) bond motifs is 1. The molecule has 4 rings (SSSR count). The fourth-order valence-electron chi connectivity index (χ4n) is 4.28. The second kappa shape index (κ2) is 9.56. The molecule has 0 radical (unpaired) electrons. The smallest absolute Gasteiger partial charge is 0.124 e. The van der Waals surface area contributed by atoms with Crippen LogP contribution in [0.5, 0.6) is 5.75 Å². The molecule has 1 aromatic heterocycles. The molecule has 0 aliphatic carbocycles. The highest BCUT2D eigenvalue weighted by molar-refractivity contribution is 5.78. The summed E-state index contributed by atoms with van der Waals surface area (Å²) >= 11 is 0. The number of nitrogens with zero attached hydrogens (tertiary/aromatic N) is 2. The maximum absolute atomic E-state index is 10.7. The van der Waals surface area contributed by atoms with E-state index in [1.165, 1.54) is 5.56 Å². The quantitative estimate of drug-likeness (QED) is 0.616. The molecule has 1 saturated heterocycles. The zero-order valence-electron chi connectivity index (χ0n) is 17.8. The lowest BCUT2D eigenvalue weighted by atomic mass is 9.99. The minimum absolute atomic E-state index is 0.194. The lowest BCUT2D eigenvalue weighted by Gasteiger charge is -2.17. The third-order valence-corrected chi connectivity index (χ3v) is 5.82. The Bertz CT molecular complexity index is 991. The van der Waals surface area contributed by atoms with Crippen molar-refractivity contribution in [3.8, 4) is 5.75 Å². The second-order valence-electron chi connectivity index (χ2n) is 8.00. The number of methoxy groups -OCH3 is 1. The highest BCUT2D eigenvalue weighted by Gasteiger charge is 2.31. The summed E-state index contributed by atoms with van der Waals surface area (Å²) in [6.07, 6.45) is 0.458. The third kappa shape index (κ3) is 4.81. The van der Waals surface area contributed by atoms with Gasteiger partial charge in [0.1, 0.15) is 5.75 Å². The van der Waals surface area contributed by atoms with Gasteiger partial charge in [-0.05, 0) is 43.2 Å². The summed E-state index contributed by atoms with van der Waals surface area (Å²) in [5.74, 6) is 1.05. The van der Waals surface area contributed by atoms with Crippen LogP contribution in [0.2, 0.25) is 0 Å². The Balaban J connectivity index is 1.41. The minimum atomic E-state index is -0.334. The van der Waals surface area contributed by atoms with Crippen molar-refractivity contribution < 1.29 is 14.6 Å². The summed E-state index contributed by atoms with van der Waals surface area (Å²) < 4.78 is 11.0. The molecule has 1 aliphatic rings. The van der Waals surface area contributed by atoms with Crippen LogP contribution >= 0.6 is 0 Å². The van der Waals surface area contributed by atoms with Gasteiger partial charge in [0, 0.05) is 48.8 Å². The van der Waals surface area contributed by atoms with Crippen LogP contribution in [-0.4, -0.2) is 47.9 Å². The van der Waals surface area contributed by atoms with Gasteiger partial charge in [0.15, 0.2) is 0 Å². The zero-order chi connectivity index (χ0) is 20.9. The van der Waals surface area contributed by atoms with Crippen LogP contribution in [0.15, 0.2) is 54.6 Å². The van der Waals surface area contributed by atoms with Crippen molar-refractivity contribution in [2.75, 3.05) is 26.8 Å². The molecule has 5 nitrogen and oxygen atoms in total. The van der Waals surface area contributed by atoms with Crippen LogP contribution in [0.4, 0.5) is 0 Å². The molecule has 2 atom stereocenters. The Labute approximate surface area is 178 Å². The van der Waals surface area contributed by atoms with E-state index >= 15 is 0 Å². The zero-order valence-corrected chi connectivity index (χ0v) is 17.8. The molecule has 30 heavy (non-hydrogen) atoms. The second-order valence-corrected chi connectivity index (χ2v) is 8.00. The van der Waals surface area contributed by atoms with Gasteiger partial charge in [-0.1, -0.05) is 30.3 Å². The average molecular weight is 407 g/mol. The maximum Gasteiger partial charge on any atom is 0.124 e. The highest BCUT2D eigenvalue weighted by Crippen LogP contribution is 2.26. The van der Waals surface area contributed by atoms with Crippen molar-refractivity contribution >= 4 is 10.9 Å². The van der Waals surface area contributed by atoms with Gasteiger partial charge in [-0.3, -0.25) is 9.88 Å². The average Bonchev–Trinajstić information content (AvgIpc) is 3.10. The molecule has 5 heteroatoms. The molecule has 2 aromatic carbocycles. The standard InChI is InChI=1S/C25H30N2O3/c1-3-30-17-21-12-18(8-11-25(21)29-2)14-27-15-20(24(28)16-27)13-22-10-9-19-6-4-5-7-23(19)26-22/h4-12,20,24,28H,3,13-17H2,1-2H3/t20-,24-/m1/s1. The molecule has 0 saturated carbocycles. The Morgan fingerprint density at radius 3 is 2.80 bits per heavy atom. The number of aliphatic hydroxyl groups is 1. The largest absolute Gasteiger partial charge is 0.496 e. The number of aromatic nitrogens is 1. The maximum atomic E-state index is 10.7. The molecule has 2 heterocycles. The highest BCUT2D eigenvalue weighted by atomic mass is 16.5. The van der Waals surface area contributed by atoms with Crippen LogP contribution in [0, 0.1) is 5.92 Å². The first kappa shape index (κ1) is 20.8. The van der Waals surface area contributed by atoms with Crippen molar-refractivity contribution in [1.29, 1.82) is 0 Å². The van der Waals surface area contributed by atoms with E-state index in [9.17, 15) is 5.11 Å². The number of hydrogen-bond donors (Lipinski definition) is 1. The number of likely N-dealkylation sites (tertiary alicyclic amines) is 1. The van der Waals surface area contributed by atoms with E-state index < -0.39 is 0 Å². The lowest BCUT2D eigenvalue weighted by Crippen LogP contribution is -2.21. The number of hydrogen-bond acceptors (Lipinski definition) is 5. The molecule has 1 N–H and O–H groups in total. The molecular formula is C25H30N2O3. The number of aliphatic hydroxyl groups excluding tert-OH is 1. The first-order valence-electron chi connectivity index (χ1n) is 10.6. The van der Waals surface area contributed by atoms with Gasteiger partial charge in [0.25, 0.3) is 0 Å². The van der Waals surface area contributed by atoms with Gasteiger partial charge in [0.05, 0.1) is 25.3 Å². The topological polar surface area (TPSA) is 54.8 Å². The van der Waals surface area contributed by atoms with Gasteiger partial charge in [-0.15, -0.1) is 0 Å². The normalized spacial score (nSPS) is 19.4. The predicted octanol–water partition coefficient (Wildman–Crippen LogP) is 3.82. The Kier molecular flexibility index (Phi) is 6.62. The first-order valence-corrected chi connectivity index (χ1v) is 10.6. The Morgan fingerprint density at radius 1 is 1.10 bits per heavy atom. The number of rotatable bonds is 8. The molecule has 0 amide bonds. The first-order chi connectivity index (χ1) is 14.7. The number of benzene rings is 2. The van der Waals surface area contributed by atoms with Crippen LogP contribution in [0.1, 0.15) is 23.7 Å². The van der Waals surface area contributed by atoms with E-state index in [4.69, 9.17) is 14.5 Å². The van der Waals surface area contributed by atoms with E-state index in [0.717, 1.165) is 47.4 Å². The number of para-hydroxylation sites is 1. The summed E-state index contributed by atoms with van der Waals surface area (Å²) in [4.78, 5) is 7.11. The molecular weight excluding hydrogens is 376 g/mol. The monoisotopic (exact) mass is 406 g/mol. The molecule has 1 fully saturated rings. The van der Waals surface area contributed by atoms with Crippen molar-refractivity contribution in [1.82, 2.24) is 9.88 Å². The van der Waals surface area contributed by atoms with E-state index in [-0.39, 0.29) is 12.0 Å². The molecule has 158 valence electrons. The molecule has 0 unspecified atom stereocenters. The van der Waals surface area contributed by atoms with E-state index in [1.54, 1.807) is 7.11 Å². The summed E-state index contributed by atoms with van der Waals surface area (Å²) in [5, 5.41) is 11.8. The van der Waals surface area contributed by atoms with Gasteiger partial charge in [0.2, 0.25) is 0 Å². The number of ether oxygens (including phenoxy) is 2. The van der Waals surface area contributed by atoms with Crippen LogP contribution in [-0.2, 0) is 24.3 Å². The molecule has 1 aliphatic heterocycles. The summed E-state index contributed by atoms with van der Waals surface area (Å²) in [7, 11) is 1.69. The molecule has 0 spiro atoms. The van der Waals surface area contributed by atoms with E-state index in [2.05, 4.69) is 35.2 Å². The van der Waals surface area contributed by atoms with E-state index in [0.29, 0.717) is 19.8 Å². The van der Waals surface area contributed by atoms with Gasteiger partial charge >= 0.3 is 0 Å². The van der Waals surface area contributed by atoms with Gasteiger partial charge < -0.3 is 14.6 Å². The van der Waals surface area contributed by atoms with Crippen molar-refractivity contribution in [3.05, 3.63) is 71.4 Å². The Morgan fingerprint density at radius 2 is 1.97 bits per heavy atom. The molecule has 3 aromatic rings. The van der Waals surface area contributed by atoms with Gasteiger partial charge in [-0.2, -0.15) is 0 Å². The van der Waals surface area contributed by atoms with Crippen LogP contribution < -0.4 is 4.74 Å². The van der Waals surface area contributed by atoms with Crippen molar-refractivity contribution in [2.45, 2.75) is 32.6 Å². The molecule has 0 bridgehead atoms. The third-order valence-electron chi connectivity index (χ3n) is 5.82. The summed E-state index contributed by atoms with van der Waals surface area (Å²) in [5.41, 5.74) is 4.33. The summed E-state index contributed by atoms with van der Waals surface area (Å²) in [6, 6.07) is 18.6.